The summed E-state index contributed by atoms with van der Waals surface area (Å²) in [6.45, 7) is 1.42. The molecular formula is C12H11ClF2N2O3. The lowest BCUT2D eigenvalue weighted by Gasteiger charge is -2.30. The molecule has 1 aliphatic heterocycles. The van der Waals surface area contributed by atoms with Crippen molar-refractivity contribution in [2.75, 3.05) is 0 Å². The summed E-state index contributed by atoms with van der Waals surface area (Å²) in [6, 6.07) is 3.61. The van der Waals surface area contributed by atoms with Crippen LogP contribution in [0.1, 0.15) is 23.7 Å². The molecule has 0 fully saturated rings. The molecule has 0 spiro atoms. The molecule has 108 valence electrons. The topological polar surface area (TPSA) is 73.1 Å². The molecule has 0 saturated heterocycles. The van der Waals surface area contributed by atoms with E-state index in [1.807, 2.05) is 0 Å². The summed E-state index contributed by atoms with van der Waals surface area (Å²) in [7, 11) is 0. The minimum Gasteiger partial charge on any atom is -0.507 e. The van der Waals surface area contributed by atoms with Gasteiger partial charge in [-0.2, -0.15) is 10.1 Å². The number of carbonyl (C=O) groups is 1. The first-order valence-electron chi connectivity index (χ1n) is 5.63. The van der Waals surface area contributed by atoms with Gasteiger partial charge in [0.05, 0.1) is 5.56 Å². The maximum absolute atomic E-state index is 13.0. The third-order valence-corrected chi connectivity index (χ3v) is 3.12. The van der Waals surface area contributed by atoms with Crippen LogP contribution in [0.25, 0.3) is 0 Å². The number of benzene rings is 1. The van der Waals surface area contributed by atoms with Gasteiger partial charge in [-0.3, -0.25) is 4.79 Å². The van der Waals surface area contributed by atoms with E-state index < -0.39 is 30.2 Å². The number of alkyl halides is 2. The molecule has 8 heteroatoms. The van der Waals surface area contributed by atoms with Crippen molar-refractivity contribution in [3.05, 3.63) is 28.8 Å². The average molecular weight is 305 g/mol. The highest BCUT2D eigenvalue weighted by molar-refractivity contribution is 6.31. The normalized spacial score (nSPS) is 22.3. The molecule has 2 rings (SSSR count). The SMILES string of the molecule is CC1=NN(C(=O)c2cc(Cl)ccc2O)[C@](O)(C(F)F)C1. The molecule has 0 aliphatic carbocycles. The second-order valence-electron chi connectivity index (χ2n) is 4.47. The fourth-order valence-corrected chi connectivity index (χ4v) is 2.10. The van der Waals surface area contributed by atoms with E-state index in [-0.39, 0.29) is 16.3 Å². The molecule has 5 nitrogen and oxygen atoms in total. The van der Waals surface area contributed by atoms with E-state index in [0.717, 1.165) is 12.1 Å². The Bertz CT molecular complexity index is 594. The third-order valence-electron chi connectivity index (χ3n) is 2.88. The number of halogens is 3. The van der Waals surface area contributed by atoms with Crippen LogP contribution >= 0.6 is 11.6 Å². The van der Waals surface area contributed by atoms with E-state index in [4.69, 9.17) is 11.6 Å². The first-order chi connectivity index (χ1) is 9.25. The Labute approximate surface area is 118 Å². The smallest absolute Gasteiger partial charge is 0.287 e. The van der Waals surface area contributed by atoms with Crippen molar-refractivity contribution in [1.29, 1.82) is 0 Å². The zero-order chi connectivity index (χ0) is 15.1. The number of aromatic hydroxyl groups is 1. The molecule has 1 aromatic rings. The Hall–Kier alpha value is -1.73. The van der Waals surface area contributed by atoms with Gasteiger partial charge in [0.15, 0.2) is 0 Å². The molecule has 0 bridgehead atoms. The highest BCUT2D eigenvalue weighted by Crippen LogP contribution is 2.34. The monoisotopic (exact) mass is 304 g/mol. The molecule has 1 heterocycles. The summed E-state index contributed by atoms with van der Waals surface area (Å²) < 4.78 is 26.0. The van der Waals surface area contributed by atoms with Gasteiger partial charge in [-0.1, -0.05) is 11.6 Å². The van der Waals surface area contributed by atoms with Crippen LogP contribution in [0.3, 0.4) is 0 Å². The van der Waals surface area contributed by atoms with E-state index in [9.17, 15) is 23.8 Å². The van der Waals surface area contributed by atoms with Crippen LogP contribution in [0, 0.1) is 0 Å². The number of nitrogens with zero attached hydrogens (tertiary/aromatic N) is 2. The molecule has 0 saturated carbocycles. The highest BCUT2D eigenvalue weighted by Gasteiger charge is 2.51. The number of rotatable bonds is 2. The summed E-state index contributed by atoms with van der Waals surface area (Å²) in [5, 5.41) is 23.6. The Balaban J connectivity index is 2.44. The molecule has 1 atom stereocenters. The minimum atomic E-state index is -3.20. The summed E-state index contributed by atoms with van der Waals surface area (Å²) in [5.41, 5.74) is -2.84. The van der Waals surface area contributed by atoms with Crippen molar-refractivity contribution >= 4 is 23.2 Å². The van der Waals surface area contributed by atoms with Crippen LogP contribution in [0.5, 0.6) is 5.75 Å². The number of hydrogen-bond donors (Lipinski definition) is 2. The van der Waals surface area contributed by atoms with Crippen molar-refractivity contribution in [2.24, 2.45) is 5.10 Å². The molecule has 2 N–H and O–H groups in total. The van der Waals surface area contributed by atoms with Crippen LogP contribution in [0.4, 0.5) is 8.78 Å². The Morgan fingerprint density at radius 1 is 1.55 bits per heavy atom. The minimum absolute atomic E-state index is 0.145. The van der Waals surface area contributed by atoms with Gasteiger partial charge in [-0.05, 0) is 25.1 Å². The van der Waals surface area contributed by atoms with Crippen LogP contribution in [-0.4, -0.2) is 39.0 Å². The maximum atomic E-state index is 13.0. The number of phenolic OH excluding ortho intramolecular Hbond substituents is 1. The van der Waals surface area contributed by atoms with Crippen LogP contribution in [0.15, 0.2) is 23.3 Å². The van der Waals surface area contributed by atoms with Crippen LogP contribution in [0.2, 0.25) is 5.02 Å². The largest absolute Gasteiger partial charge is 0.507 e. The number of hydrazone groups is 1. The first-order valence-corrected chi connectivity index (χ1v) is 6.01. The standard InChI is InChI=1S/C12H11ClF2N2O3/c1-6-5-12(20,11(14)15)17(16-6)10(19)8-4-7(13)2-3-9(8)18/h2-4,11,18,20H,5H2,1H3/t12-/m1/s1. The fourth-order valence-electron chi connectivity index (χ4n) is 1.93. The quantitative estimate of drug-likeness (QED) is 0.880. The molecule has 1 amide bonds. The van der Waals surface area contributed by atoms with Crippen molar-refractivity contribution < 1.29 is 23.8 Å². The molecule has 0 radical (unpaired) electrons. The van der Waals surface area contributed by atoms with Gasteiger partial charge in [0, 0.05) is 17.2 Å². The van der Waals surface area contributed by atoms with Gasteiger partial charge < -0.3 is 10.2 Å². The van der Waals surface area contributed by atoms with Gasteiger partial charge in [0.1, 0.15) is 5.75 Å². The lowest BCUT2D eigenvalue weighted by atomic mass is 10.1. The summed E-state index contributed by atoms with van der Waals surface area (Å²) in [6.07, 6.45) is -3.66. The predicted octanol–water partition coefficient (Wildman–Crippen LogP) is 2.22. The number of carbonyl (C=O) groups excluding carboxylic acids is 1. The van der Waals surface area contributed by atoms with Crippen molar-refractivity contribution in [1.82, 2.24) is 5.01 Å². The molecule has 1 aliphatic rings. The lowest BCUT2D eigenvalue weighted by molar-refractivity contribution is -0.164. The van der Waals surface area contributed by atoms with E-state index >= 15 is 0 Å². The zero-order valence-electron chi connectivity index (χ0n) is 10.3. The number of hydrogen-bond acceptors (Lipinski definition) is 4. The van der Waals surface area contributed by atoms with E-state index in [1.165, 1.54) is 13.0 Å². The Morgan fingerprint density at radius 2 is 2.20 bits per heavy atom. The number of phenols is 1. The average Bonchev–Trinajstić information content (AvgIpc) is 2.68. The molecular weight excluding hydrogens is 294 g/mol. The lowest BCUT2D eigenvalue weighted by Crippen LogP contribution is -2.51. The van der Waals surface area contributed by atoms with Gasteiger partial charge in [-0.25, -0.2) is 8.78 Å². The maximum Gasteiger partial charge on any atom is 0.287 e. The van der Waals surface area contributed by atoms with E-state index in [2.05, 4.69) is 5.10 Å². The Kier molecular flexibility index (Phi) is 3.66. The zero-order valence-corrected chi connectivity index (χ0v) is 11.1. The van der Waals surface area contributed by atoms with E-state index in [1.54, 1.807) is 0 Å². The van der Waals surface area contributed by atoms with Crippen molar-refractivity contribution in [3.63, 3.8) is 0 Å². The van der Waals surface area contributed by atoms with Crippen LogP contribution < -0.4 is 0 Å². The van der Waals surface area contributed by atoms with Crippen molar-refractivity contribution in [3.8, 4) is 5.75 Å². The van der Waals surface area contributed by atoms with Gasteiger partial charge in [0.25, 0.3) is 12.3 Å². The number of amides is 1. The summed E-state index contributed by atoms with van der Waals surface area (Å²) in [5.74, 6) is -1.49. The highest BCUT2D eigenvalue weighted by atomic mass is 35.5. The fraction of sp³-hybridized carbons (Fsp3) is 0.333. The second kappa shape index (κ2) is 4.99. The van der Waals surface area contributed by atoms with Gasteiger partial charge in [0.2, 0.25) is 5.72 Å². The molecule has 1 aromatic carbocycles. The van der Waals surface area contributed by atoms with E-state index in [0.29, 0.717) is 5.01 Å². The molecule has 20 heavy (non-hydrogen) atoms. The summed E-state index contributed by atoms with van der Waals surface area (Å²) >= 11 is 5.70. The summed E-state index contributed by atoms with van der Waals surface area (Å²) in [4.78, 5) is 12.2. The first kappa shape index (κ1) is 14.7. The molecule has 0 unspecified atom stereocenters. The number of aliphatic hydroxyl groups is 1. The van der Waals surface area contributed by atoms with Crippen molar-refractivity contribution in [2.45, 2.75) is 25.5 Å². The van der Waals surface area contributed by atoms with Gasteiger partial charge in [-0.15, -0.1) is 0 Å². The molecule has 0 aromatic heterocycles. The Morgan fingerprint density at radius 3 is 2.80 bits per heavy atom. The second-order valence-corrected chi connectivity index (χ2v) is 4.91. The predicted molar refractivity (Wildman–Crippen MR) is 68.0 cm³/mol. The third kappa shape index (κ3) is 2.34. The van der Waals surface area contributed by atoms with Crippen LogP contribution in [-0.2, 0) is 0 Å². The van der Waals surface area contributed by atoms with Gasteiger partial charge >= 0.3 is 0 Å².